The van der Waals surface area contributed by atoms with Crippen molar-refractivity contribution in [2.24, 2.45) is 0 Å². The van der Waals surface area contributed by atoms with E-state index >= 15 is 0 Å². The van der Waals surface area contributed by atoms with Gasteiger partial charge in [0.2, 0.25) is 0 Å². The van der Waals surface area contributed by atoms with Crippen molar-refractivity contribution in [1.29, 1.82) is 0 Å². The topological polar surface area (TPSA) is 29.1 Å². The number of carbonyl (C=O) groups excluding carboxylic acids is 1. The Balaban J connectivity index is 1.98. The molecule has 1 aliphatic carbocycles. The zero-order valence-electron chi connectivity index (χ0n) is 10.9. The molecule has 1 amide bonds. The van der Waals surface area contributed by atoms with Gasteiger partial charge in [0.1, 0.15) is 0 Å². The highest BCUT2D eigenvalue weighted by Crippen LogP contribution is 2.41. The molecule has 1 N–H and O–H groups in total. The van der Waals surface area contributed by atoms with E-state index in [4.69, 9.17) is 23.2 Å². The molecule has 22 heavy (non-hydrogen) atoms. The van der Waals surface area contributed by atoms with Crippen molar-refractivity contribution >= 4 is 34.8 Å². The second-order valence-electron chi connectivity index (χ2n) is 4.92. The smallest absolute Gasteiger partial charge is 0.317 e. The van der Waals surface area contributed by atoms with Crippen LogP contribution in [0.1, 0.15) is 11.1 Å². The van der Waals surface area contributed by atoms with Gasteiger partial charge in [-0.15, -0.1) is 0 Å². The van der Waals surface area contributed by atoms with Crippen molar-refractivity contribution in [2.75, 3.05) is 5.32 Å². The van der Waals surface area contributed by atoms with Crippen LogP contribution in [-0.2, 0) is 11.2 Å². The number of hydrogen-bond acceptors (Lipinski definition) is 1. The highest BCUT2D eigenvalue weighted by Gasteiger charge is 2.39. The fourth-order valence-electron chi connectivity index (χ4n) is 2.48. The van der Waals surface area contributed by atoms with Gasteiger partial charge in [-0.05, 0) is 52.9 Å². The lowest BCUT2D eigenvalue weighted by Gasteiger charge is -2.11. The van der Waals surface area contributed by atoms with E-state index in [0.717, 1.165) is 22.3 Å². The number of halogens is 5. The van der Waals surface area contributed by atoms with E-state index in [1.807, 2.05) is 6.07 Å². The maximum atomic E-state index is 12.3. The third kappa shape index (κ3) is 2.66. The normalized spacial score (nSPS) is 12.8. The number of amides is 1. The van der Waals surface area contributed by atoms with Crippen LogP contribution in [0, 0.1) is 0 Å². The lowest BCUT2D eigenvalue weighted by molar-refractivity contribution is -0.167. The van der Waals surface area contributed by atoms with E-state index in [0.29, 0.717) is 11.4 Å². The van der Waals surface area contributed by atoms with Crippen LogP contribution in [0.4, 0.5) is 18.9 Å². The zero-order chi connectivity index (χ0) is 16.1. The predicted octanol–water partition coefficient (Wildman–Crippen LogP) is 5.07. The second-order valence-corrected chi connectivity index (χ2v) is 5.76. The SMILES string of the molecule is O=C(Nc1cc2c(cc1Cl)-c1ccc(Cl)cc1C2)C(F)(F)F. The Morgan fingerprint density at radius 3 is 2.41 bits per heavy atom. The number of hydrogen-bond donors (Lipinski definition) is 1. The Morgan fingerprint density at radius 1 is 1.05 bits per heavy atom. The first-order chi connectivity index (χ1) is 10.3. The van der Waals surface area contributed by atoms with E-state index in [1.54, 1.807) is 23.5 Å². The molecule has 0 saturated carbocycles. The molecular weight excluding hydrogens is 338 g/mol. The Morgan fingerprint density at radius 2 is 1.73 bits per heavy atom. The van der Waals surface area contributed by atoms with Crippen molar-refractivity contribution in [3.8, 4) is 11.1 Å². The van der Waals surface area contributed by atoms with Gasteiger partial charge in [-0.1, -0.05) is 29.3 Å². The summed E-state index contributed by atoms with van der Waals surface area (Å²) in [5.41, 5.74) is 3.48. The van der Waals surface area contributed by atoms with Crippen LogP contribution in [0.2, 0.25) is 10.0 Å². The lowest BCUT2D eigenvalue weighted by atomic mass is 10.1. The lowest BCUT2D eigenvalue weighted by Crippen LogP contribution is -2.30. The number of fused-ring (bicyclic) bond motifs is 3. The molecule has 0 fully saturated rings. The third-order valence-corrected chi connectivity index (χ3v) is 3.98. The van der Waals surface area contributed by atoms with Gasteiger partial charge >= 0.3 is 12.1 Å². The molecule has 0 radical (unpaired) electrons. The number of rotatable bonds is 1. The van der Waals surface area contributed by atoms with Gasteiger partial charge in [0.15, 0.2) is 0 Å². The van der Waals surface area contributed by atoms with Crippen LogP contribution in [-0.4, -0.2) is 12.1 Å². The minimum absolute atomic E-state index is 0.0540. The molecule has 2 nitrogen and oxygen atoms in total. The van der Waals surface area contributed by atoms with Gasteiger partial charge in [-0.2, -0.15) is 13.2 Å². The standard InChI is InChI=1S/C15H8Cl2F3NO/c16-9-1-2-10-7(4-9)3-8-5-13(12(17)6-11(8)10)21-14(22)15(18,19)20/h1-2,4-6H,3H2,(H,21,22). The van der Waals surface area contributed by atoms with Crippen LogP contribution in [0.25, 0.3) is 11.1 Å². The molecule has 1 aliphatic rings. The summed E-state index contributed by atoms with van der Waals surface area (Å²) < 4.78 is 37.0. The highest BCUT2D eigenvalue weighted by atomic mass is 35.5. The molecule has 0 heterocycles. The van der Waals surface area contributed by atoms with Crippen molar-refractivity contribution in [3.05, 3.63) is 51.5 Å². The fourth-order valence-corrected chi connectivity index (χ4v) is 2.89. The Labute approximate surface area is 133 Å². The molecule has 2 aromatic rings. The van der Waals surface area contributed by atoms with Crippen molar-refractivity contribution in [1.82, 2.24) is 0 Å². The van der Waals surface area contributed by atoms with E-state index < -0.39 is 12.1 Å². The average Bonchev–Trinajstić information content (AvgIpc) is 2.74. The van der Waals surface area contributed by atoms with Crippen LogP contribution in [0.3, 0.4) is 0 Å². The summed E-state index contributed by atoms with van der Waals surface area (Å²) in [5.74, 6) is -2.05. The number of alkyl halides is 3. The van der Waals surface area contributed by atoms with Crippen molar-refractivity contribution in [3.63, 3.8) is 0 Å². The fraction of sp³-hybridized carbons (Fsp3) is 0.133. The van der Waals surface area contributed by atoms with Gasteiger partial charge in [0.25, 0.3) is 0 Å². The maximum Gasteiger partial charge on any atom is 0.471 e. The summed E-state index contributed by atoms with van der Waals surface area (Å²) in [4.78, 5) is 11.0. The Kier molecular flexibility index (Phi) is 3.57. The van der Waals surface area contributed by atoms with Crippen LogP contribution < -0.4 is 5.32 Å². The van der Waals surface area contributed by atoms with Crippen LogP contribution >= 0.6 is 23.2 Å². The van der Waals surface area contributed by atoms with Crippen molar-refractivity contribution in [2.45, 2.75) is 12.6 Å². The molecule has 0 bridgehead atoms. The molecule has 0 saturated heterocycles. The van der Waals surface area contributed by atoms with Gasteiger partial charge in [0.05, 0.1) is 10.7 Å². The van der Waals surface area contributed by atoms with E-state index in [-0.39, 0.29) is 10.7 Å². The first kappa shape index (κ1) is 15.2. The molecule has 3 rings (SSSR count). The highest BCUT2D eigenvalue weighted by molar-refractivity contribution is 6.34. The summed E-state index contributed by atoms with van der Waals surface area (Å²) in [7, 11) is 0. The molecule has 0 unspecified atom stereocenters. The minimum Gasteiger partial charge on any atom is -0.317 e. The first-order valence-corrected chi connectivity index (χ1v) is 7.00. The van der Waals surface area contributed by atoms with E-state index in [9.17, 15) is 18.0 Å². The Hall–Kier alpha value is -1.72. The molecule has 0 atom stereocenters. The second kappa shape index (κ2) is 5.18. The molecule has 0 aromatic heterocycles. The molecule has 0 spiro atoms. The van der Waals surface area contributed by atoms with Gasteiger partial charge in [-0.3, -0.25) is 4.79 Å². The number of carbonyl (C=O) groups is 1. The van der Waals surface area contributed by atoms with Gasteiger partial charge < -0.3 is 5.32 Å². The van der Waals surface area contributed by atoms with E-state index in [2.05, 4.69) is 0 Å². The van der Waals surface area contributed by atoms with Crippen LogP contribution in [0.15, 0.2) is 30.3 Å². The minimum atomic E-state index is -4.96. The average molecular weight is 346 g/mol. The summed E-state index contributed by atoms with van der Waals surface area (Å²) in [6, 6.07) is 8.41. The van der Waals surface area contributed by atoms with Crippen molar-refractivity contribution < 1.29 is 18.0 Å². The number of nitrogens with one attached hydrogen (secondary N) is 1. The molecule has 0 aliphatic heterocycles. The summed E-state index contributed by atoms with van der Waals surface area (Å²) >= 11 is 11.9. The number of benzene rings is 2. The molecule has 7 heteroatoms. The summed E-state index contributed by atoms with van der Waals surface area (Å²) in [6.45, 7) is 0. The summed E-state index contributed by atoms with van der Waals surface area (Å²) in [5, 5.41) is 2.44. The molecule has 114 valence electrons. The predicted molar refractivity (Wildman–Crippen MR) is 79.4 cm³/mol. The number of anilines is 1. The molecule has 2 aromatic carbocycles. The van der Waals surface area contributed by atoms with Crippen LogP contribution in [0.5, 0.6) is 0 Å². The largest absolute Gasteiger partial charge is 0.471 e. The first-order valence-electron chi connectivity index (χ1n) is 6.25. The maximum absolute atomic E-state index is 12.3. The Bertz CT molecular complexity index is 787. The van der Waals surface area contributed by atoms with E-state index in [1.165, 1.54) is 6.07 Å². The van der Waals surface area contributed by atoms with Gasteiger partial charge in [-0.25, -0.2) is 0 Å². The monoisotopic (exact) mass is 345 g/mol. The quantitative estimate of drug-likeness (QED) is 0.655. The zero-order valence-corrected chi connectivity index (χ0v) is 12.4. The summed E-state index contributed by atoms with van der Waals surface area (Å²) in [6.07, 6.45) is -4.43. The molecular formula is C15H8Cl2F3NO. The third-order valence-electron chi connectivity index (χ3n) is 3.44. The van der Waals surface area contributed by atoms with Gasteiger partial charge in [0, 0.05) is 5.02 Å².